The molecular weight excluding hydrogens is 760 g/mol. The zero-order valence-corrected chi connectivity index (χ0v) is 34.0. The Morgan fingerprint density at radius 2 is 1.34 bits per heavy atom. The Hall–Kier alpha value is -3.99. The minimum atomic E-state index is -3.89. The highest BCUT2D eigenvalue weighted by molar-refractivity contribution is 7.53. The standard InChI is InChI=1S/C39H49N4O11PSi/c1-24-21-42(37(47)40-35(24)45)32-19-29(31(23-44)50-32)53-55(49)18-12-17-28(52-55)34-30(20-33(51-34)43-22-25(2)36(46)41-38(43)48)54-56(39(3,4)5,26-13-8-6-9-14-26)27-15-10-7-11-16-27/h6-11,13-16,21-22,28-34,44H,12,17-20,23H2,1-5H3,(H,40,45,47)(H,41,46,48)/t28-,29-,30-,31+,32+,33+,34+,55+/m0/s1. The molecule has 0 amide bonds. The van der Waals surface area contributed by atoms with Gasteiger partial charge in [0.15, 0.2) is 0 Å². The molecule has 56 heavy (non-hydrogen) atoms. The van der Waals surface area contributed by atoms with Gasteiger partial charge in [0.2, 0.25) is 0 Å². The summed E-state index contributed by atoms with van der Waals surface area (Å²) in [5.74, 6) is 0. The second-order valence-corrected chi connectivity index (χ2v) is 22.2. The van der Waals surface area contributed by atoms with Gasteiger partial charge in [-0.2, -0.15) is 0 Å². The van der Waals surface area contributed by atoms with E-state index in [1.54, 1.807) is 13.8 Å². The molecule has 3 saturated heterocycles. The molecule has 0 aliphatic carbocycles. The molecule has 15 nitrogen and oxygen atoms in total. The smallest absolute Gasteiger partial charge is 0.331 e. The summed E-state index contributed by atoms with van der Waals surface area (Å²) < 4.78 is 50.2. The number of ether oxygens (including phenoxy) is 2. The SMILES string of the molecule is Cc1cn([C@H]2C[C@H](O[Si](c3ccccc3)(c3ccccc3)C(C)(C)C)[C@@H]([C@@H]3CCC[P@](=O)(O[C@H]4C[C@H](n5cc(C)c(=O)[nH]c5=O)O[C@@H]4CO)O3)O2)c(=O)[nH]c1=O. The summed E-state index contributed by atoms with van der Waals surface area (Å²) in [7, 11) is -7.08. The summed E-state index contributed by atoms with van der Waals surface area (Å²) in [6.45, 7) is 9.18. The fourth-order valence-electron chi connectivity index (χ4n) is 8.25. The third kappa shape index (κ3) is 7.69. The first-order chi connectivity index (χ1) is 26.6. The fourth-order valence-corrected chi connectivity index (χ4v) is 15.1. The van der Waals surface area contributed by atoms with Crippen LogP contribution in [0.2, 0.25) is 5.04 Å². The van der Waals surface area contributed by atoms with Crippen LogP contribution in [-0.2, 0) is 27.5 Å². The molecule has 5 heterocycles. The molecule has 2 aromatic carbocycles. The van der Waals surface area contributed by atoms with E-state index in [-0.39, 0.29) is 19.0 Å². The van der Waals surface area contributed by atoms with E-state index in [1.807, 2.05) is 36.4 Å². The molecule has 0 radical (unpaired) electrons. The summed E-state index contributed by atoms with van der Waals surface area (Å²) >= 11 is 0. The Morgan fingerprint density at radius 3 is 1.86 bits per heavy atom. The van der Waals surface area contributed by atoms with Crippen LogP contribution in [0.4, 0.5) is 0 Å². The van der Waals surface area contributed by atoms with Gasteiger partial charge in [0.05, 0.1) is 31.1 Å². The van der Waals surface area contributed by atoms with Crippen molar-refractivity contribution >= 4 is 26.3 Å². The molecule has 3 aliphatic rings. The minimum absolute atomic E-state index is 0.0602. The number of nitrogens with zero attached hydrogens (tertiary/aromatic N) is 2. The molecule has 0 spiro atoms. The number of rotatable bonds is 10. The lowest BCUT2D eigenvalue weighted by molar-refractivity contribution is -0.0850. The number of benzene rings is 2. The molecular formula is C39H49N4O11PSi. The van der Waals surface area contributed by atoms with Gasteiger partial charge in [-0.05, 0) is 42.1 Å². The number of aryl methyl sites for hydroxylation is 2. The summed E-state index contributed by atoms with van der Waals surface area (Å²) in [6.07, 6.45) is -1.71. The van der Waals surface area contributed by atoms with Crippen molar-refractivity contribution in [2.45, 2.75) is 108 Å². The first kappa shape index (κ1) is 40.2. The number of aromatic amines is 2. The van der Waals surface area contributed by atoms with Gasteiger partial charge in [-0.1, -0.05) is 81.4 Å². The average Bonchev–Trinajstić information content (AvgIpc) is 3.77. The first-order valence-electron chi connectivity index (χ1n) is 18.9. The Morgan fingerprint density at radius 1 is 0.821 bits per heavy atom. The van der Waals surface area contributed by atoms with Crippen LogP contribution >= 0.6 is 7.60 Å². The maximum atomic E-state index is 14.6. The molecule has 0 saturated carbocycles. The molecule has 17 heteroatoms. The lowest BCUT2D eigenvalue weighted by atomic mass is 10.0. The first-order valence-corrected chi connectivity index (χ1v) is 22.6. The van der Waals surface area contributed by atoms with Crippen LogP contribution in [0.5, 0.6) is 0 Å². The molecule has 0 bridgehead atoms. The van der Waals surface area contributed by atoms with E-state index in [0.717, 1.165) is 10.4 Å². The number of aromatic nitrogens is 4. The third-order valence-electron chi connectivity index (χ3n) is 11.0. The van der Waals surface area contributed by atoms with E-state index in [9.17, 15) is 28.8 Å². The monoisotopic (exact) mass is 808 g/mol. The van der Waals surface area contributed by atoms with E-state index < -0.39 is 93.0 Å². The number of aliphatic hydroxyl groups is 1. The maximum Gasteiger partial charge on any atom is 0.331 e. The zero-order valence-electron chi connectivity index (χ0n) is 32.1. The van der Waals surface area contributed by atoms with Crippen LogP contribution in [0, 0.1) is 13.8 Å². The number of hydrogen-bond acceptors (Lipinski definition) is 11. The molecule has 2 aromatic heterocycles. The maximum absolute atomic E-state index is 14.6. The summed E-state index contributed by atoms with van der Waals surface area (Å²) in [6, 6.07) is 20.2. The van der Waals surface area contributed by atoms with Crippen molar-refractivity contribution in [1.82, 2.24) is 19.1 Å². The Labute approximate surface area is 324 Å². The van der Waals surface area contributed by atoms with Crippen molar-refractivity contribution < 1.29 is 32.6 Å². The summed E-state index contributed by atoms with van der Waals surface area (Å²) in [5, 5.41) is 11.9. The van der Waals surface area contributed by atoms with Crippen LogP contribution in [0.15, 0.2) is 92.2 Å². The number of hydrogen-bond donors (Lipinski definition) is 3. The van der Waals surface area contributed by atoms with Crippen LogP contribution in [0.1, 0.15) is 70.0 Å². The molecule has 3 N–H and O–H groups in total. The highest BCUT2D eigenvalue weighted by Crippen LogP contribution is 2.58. The van der Waals surface area contributed by atoms with E-state index in [0.29, 0.717) is 24.0 Å². The molecule has 3 aliphatic heterocycles. The normalized spacial score (nSPS) is 28.4. The molecule has 3 fully saturated rings. The van der Waals surface area contributed by atoms with Crippen molar-refractivity contribution in [2.24, 2.45) is 0 Å². The zero-order chi connectivity index (χ0) is 40.0. The fraction of sp³-hybridized carbons (Fsp3) is 0.487. The van der Waals surface area contributed by atoms with Crippen LogP contribution in [-0.4, -0.2) is 75.8 Å². The molecule has 4 aromatic rings. The Kier molecular flexibility index (Phi) is 11.3. The van der Waals surface area contributed by atoms with Gasteiger partial charge in [-0.3, -0.25) is 33.3 Å². The van der Waals surface area contributed by atoms with Gasteiger partial charge < -0.3 is 28.1 Å². The summed E-state index contributed by atoms with van der Waals surface area (Å²) in [4.78, 5) is 54.9. The highest BCUT2D eigenvalue weighted by atomic mass is 31.2. The van der Waals surface area contributed by atoms with E-state index in [1.165, 1.54) is 21.5 Å². The highest BCUT2D eigenvalue weighted by Gasteiger charge is 2.56. The lowest BCUT2D eigenvalue weighted by Gasteiger charge is -2.46. The van der Waals surface area contributed by atoms with Gasteiger partial charge in [0.25, 0.3) is 19.4 Å². The second kappa shape index (κ2) is 15.7. The largest absolute Gasteiger partial charge is 0.402 e. The third-order valence-corrected chi connectivity index (χ3v) is 18.1. The quantitative estimate of drug-likeness (QED) is 0.158. The minimum Gasteiger partial charge on any atom is -0.402 e. The average molecular weight is 809 g/mol. The second-order valence-electron chi connectivity index (χ2n) is 15.9. The summed E-state index contributed by atoms with van der Waals surface area (Å²) in [5.41, 5.74) is -1.68. The number of H-pyrrole nitrogens is 2. The van der Waals surface area contributed by atoms with Crippen molar-refractivity contribution in [1.29, 1.82) is 0 Å². The Balaban J connectivity index is 1.23. The topological polar surface area (TPSA) is 193 Å². The van der Waals surface area contributed by atoms with E-state index >= 15 is 0 Å². The Bertz CT molecular complexity index is 2280. The molecule has 8 atom stereocenters. The number of aliphatic hydroxyl groups excluding tert-OH is 1. The molecule has 7 rings (SSSR count). The van der Waals surface area contributed by atoms with Crippen LogP contribution in [0.25, 0.3) is 0 Å². The van der Waals surface area contributed by atoms with Crippen molar-refractivity contribution in [3.05, 3.63) is 126 Å². The van der Waals surface area contributed by atoms with Crippen LogP contribution in [0.3, 0.4) is 0 Å². The van der Waals surface area contributed by atoms with E-state index in [2.05, 4.69) is 55.0 Å². The van der Waals surface area contributed by atoms with Gasteiger partial charge in [0.1, 0.15) is 24.7 Å². The van der Waals surface area contributed by atoms with Gasteiger partial charge in [0, 0.05) is 36.4 Å². The van der Waals surface area contributed by atoms with Gasteiger partial charge >= 0.3 is 19.0 Å². The van der Waals surface area contributed by atoms with Gasteiger partial charge in [-0.25, -0.2) is 9.59 Å². The lowest BCUT2D eigenvalue weighted by Crippen LogP contribution is -2.68. The number of nitrogens with one attached hydrogen (secondary N) is 2. The van der Waals surface area contributed by atoms with E-state index in [4.69, 9.17) is 22.9 Å². The van der Waals surface area contributed by atoms with Crippen molar-refractivity contribution in [2.75, 3.05) is 12.8 Å². The molecule has 300 valence electrons. The van der Waals surface area contributed by atoms with Crippen molar-refractivity contribution in [3.8, 4) is 0 Å². The predicted molar refractivity (Wildman–Crippen MR) is 210 cm³/mol. The predicted octanol–water partition coefficient (Wildman–Crippen LogP) is 2.97. The van der Waals surface area contributed by atoms with Crippen LogP contribution < -0.4 is 32.9 Å². The van der Waals surface area contributed by atoms with Crippen molar-refractivity contribution in [3.63, 3.8) is 0 Å². The van der Waals surface area contributed by atoms with Gasteiger partial charge in [-0.15, -0.1) is 0 Å². The molecule has 0 unspecified atom stereocenters.